The number of H-pyrrole nitrogens is 1. The molecule has 4 heterocycles. The predicted molar refractivity (Wildman–Crippen MR) is 232 cm³/mol. The summed E-state index contributed by atoms with van der Waals surface area (Å²) in [5.74, 6) is -0.118. The van der Waals surface area contributed by atoms with Crippen molar-refractivity contribution in [1.29, 1.82) is 0 Å². The van der Waals surface area contributed by atoms with Crippen LogP contribution in [0.2, 0.25) is 5.02 Å². The van der Waals surface area contributed by atoms with Crippen LogP contribution in [0.1, 0.15) is 61.9 Å². The molecule has 3 aromatic carbocycles. The minimum Gasteiger partial charge on any atom is -0.506 e. The number of aromatic nitrogens is 2. The first-order valence-electron chi connectivity index (χ1n) is 20.3. The third kappa shape index (κ3) is 9.70. The van der Waals surface area contributed by atoms with E-state index in [9.17, 15) is 18.3 Å². The van der Waals surface area contributed by atoms with Crippen LogP contribution in [0.4, 0.5) is 11.4 Å². The van der Waals surface area contributed by atoms with E-state index in [1.807, 2.05) is 30.3 Å². The lowest BCUT2D eigenvalue weighted by Gasteiger charge is -2.39. The zero-order chi connectivity index (χ0) is 41.1. The number of phenols is 1. The zero-order valence-electron chi connectivity index (χ0n) is 33.5. The van der Waals surface area contributed by atoms with Crippen molar-refractivity contribution in [3.05, 3.63) is 107 Å². The number of phenolic OH excluding ortho intramolecular Hbond substituents is 1. The van der Waals surface area contributed by atoms with Crippen LogP contribution >= 0.6 is 11.6 Å². The highest BCUT2D eigenvalue weighted by Gasteiger charge is 2.30. The number of nitrogens with zero attached hydrogens (tertiary/aromatic N) is 3. The number of benzene rings is 3. The maximum absolute atomic E-state index is 13.8. The molecule has 310 valence electrons. The molecule has 1 amide bonds. The summed E-state index contributed by atoms with van der Waals surface area (Å²) in [6.07, 6.45) is 8.41. The topological polar surface area (TPSA) is 149 Å². The molecule has 1 aliphatic carbocycles. The predicted octanol–water partition coefficient (Wildman–Crippen LogP) is 8.46. The van der Waals surface area contributed by atoms with E-state index in [0.717, 1.165) is 87.0 Å². The summed E-state index contributed by atoms with van der Waals surface area (Å²) in [5, 5.41) is 15.5. The van der Waals surface area contributed by atoms with E-state index >= 15 is 0 Å². The molecular weight excluding hydrogens is 788 g/mol. The van der Waals surface area contributed by atoms with Crippen LogP contribution in [0, 0.1) is 11.3 Å². The number of halogens is 1. The molecule has 2 aromatic heterocycles. The summed E-state index contributed by atoms with van der Waals surface area (Å²) in [6.45, 7) is 10.8. The standard InChI is InChI=1S/C45H51ClN6O6S/c1-45(2)15-11-33(39(26-45)31-3-5-34(46)6-4-31)29-51-17-19-52(20-18-51)35-7-9-38(42(24-35)58-36-23-32-12-16-47-43(32)49-28-36)44(54)50-59(55,56)37-8-10-40(41(53)25-37)48-27-30-13-21-57-22-14-30/h3-10,12,16,23-25,28,30,48,53H,11,13-15,17-22,26-27,29H2,1-2H3,(H,47,49)(H,50,54). The zero-order valence-corrected chi connectivity index (χ0v) is 35.0. The lowest BCUT2D eigenvalue weighted by molar-refractivity contribution is 0.0699. The molecule has 0 bridgehead atoms. The van der Waals surface area contributed by atoms with Crippen molar-refractivity contribution >= 4 is 55.5 Å². The minimum atomic E-state index is -4.37. The molecule has 0 spiro atoms. The fourth-order valence-corrected chi connectivity index (χ4v) is 9.36. The van der Waals surface area contributed by atoms with E-state index in [4.69, 9.17) is 21.1 Å². The van der Waals surface area contributed by atoms with Gasteiger partial charge in [0.15, 0.2) is 0 Å². The van der Waals surface area contributed by atoms with Gasteiger partial charge in [-0.05, 0) is 103 Å². The first-order valence-corrected chi connectivity index (χ1v) is 22.2. The number of pyridine rings is 1. The molecule has 0 atom stereocenters. The van der Waals surface area contributed by atoms with Crippen molar-refractivity contribution in [3.8, 4) is 17.2 Å². The van der Waals surface area contributed by atoms with E-state index in [-0.39, 0.29) is 27.4 Å². The minimum absolute atomic E-state index is 0.0333. The van der Waals surface area contributed by atoms with Crippen LogP contribution in [0.5, 0.6) is 17.2 Å². The number of carbonyl (C=O) groups is 1. The number of rotatable bonds is 12. The third-order valence-electron chi connectivity index (χ3n) is 11.8. The van der Waals surface area contributed by atoms with E-state index in [1.165, 1.54) is 28.8 Å². The number of hydrogen-bond acceptors (Lipinski definition) is 10. The summed E-state index contributed by atoms with van der Waals surface area (Å²) in [6, 6.07) is 21.1. The average molecular weight is 839 g/mol. The van der Waals surface area contributed by atoms with Gasteiger partial charge in [0.05, 0.1) is 22.3 Å². The summed E-state index contributed by atoms with van der Waals surface area (Å²) in [4.78, 5) is 25.9. The van der Waals surface area contributed by atoms with Crippen molar-refractivity contribution < 1.29 is 27.8 Å². The van der Waals surface area contributed by atoms with Crippen LogP contribution in [0.3, 0.4) is 0 Å². The van der Waals surface area contributed by atoms with Crippen LogP contribution in [0.15, 0.2) is 95.7 Å². The number of carbonyl (C=O) groups excluding carboxylic acids is 1. The van der Waals surface area contributed by atoms with Crippen LogP contribution < -0.4 is 19.7 Å². The molecule has 8 rings (SSSR count). The molecule has 12 nitrogen and oxygen atoms in total. The SMILES string of the molecule is CC1(C)CCC(CN2CCN(c3ccc(C(=O)NS(=O)(=O)c4ccc(NCC5CCOCC5)c(O)c4)c(Oc4cnc5[nH]ccc5c4)c3)CC2)=C(c2ccc(Cl)cc2)C1. The lowest BCUT2D eigenvalue weighted by Crippen LogP contribution is -2.47. The van der Waals surface area contributed by atoms with Gasteiger partial charge in [0, 0.05) is 86.9 Å². The fourth-order valence-electron chi connectivity index (χ4n) is 8.25. The highest BCUT2D eigenvalue weighted by Crippen LogP contribution is 2.43. The molecule has 2 aliphatic heterocycles. The van der Waals surface area contributed by atoms with Gasteiger partial charge in [-0.3, -0.25) is 9.69 Å². The van der Waals surface area contributed by atoms with E-state index < -0.39 is 15.9 Å². The van der Waals surface area contributed by atoms with Gasteiger partial charge in [-0.2, -0.15) is 0 Å². The number of aromatic hydroxyl groups is 1. The van der Waals surface area contributed by atoms with Crippen molar-refractivity contribution in [2.45, 2.75) is 50.8 Å². The normalized spacial score (nSPS) is 17.9. The Morgan fingerprint density at radius 2 is 1.80 bits per heavy atom. The van der Waals surface area contributed by atoms with E-state index in [2.05, 4.69) is 55.8 Å². The number of amides is 1. The molecule has 0 unspecified atom stereocenters. The quantitative estimate of drug-likeness (QED) is 0.0902. The Hall–Kier alpha value is -5.08. The molecule has 0 radical (unpaired) electrons. The van der Waals surface area contributed by atoms with Gasteiger partial charge in [-0.15, -0.1) is 0 Å². The van der Waals surface area contributed by atoms with E-state index in [1.54, 1.807) is 24.5 Å². The molecule has 14 heteroatoms. The van der Waals surface area contributed by atoms with Crippen LogP contribution in [0.25, 0.3) is 16.6 Å². The first kappa shape index (κ1) is 40.7. The Bertz CT molecular complexity index is 2450. The van der Waals surface area contributed by atoms with Crippen molar-refractivity contribution in [2.75, 3.05) is 62.7 Å². The monoisotopic (exact) mass is 838 g/mol. The van der Waals surface area contributed by atoms with Crippen LogP contribution in [-0.4, -0.2) is 86.8 Å². The number of piperazine rings is 1. The number of aromatic amines is 1. The van der Waals surface area contributed by atoms with Gasteiger partial charge in [0.2, 0.25) is 0 Å². The Balaban J connectivity index is 0.986. The Morgan fingerprint density at radius 3 is 2.56 bits per heavy atom. The molecule has 59 heavy (non-hydrogen) atoms. The summed E-state index contributed by atoms with van der Waals surface area (Å²) in [7, 11) is -4.37. The van der Waals surface area contributed by atoms with Gasteiger partial charge in [-0.1, -0.05) is 43.2 Å². The summed E-state index contributed by atoms with van der Waals surface area (Å²) >= 11 is 6.24. The number of nitrogens with one attached hydrogen (secondary N) is 3. The maximum atomic E-state index is 13.8. The summed E-state index contributed by atoms with van der Waals surface area (Å²) in [5.41, 5.74) is 6.39. The molecule has 3 aliphatic rings. The van der Waals surface area contributed by atoms with E-state index in [0.29, 0.717) is 42.8 Å². The summed E-state index contributed by atoms with van der Waals surface area (Å²) < 4.78 is 41.1. The third-order valence-corrected chi connectivity index (χ3v) is 13.4. The largest absolute Gasteiger partial charge is 0.506 e. The van der Waals surface area contributed by atoms with Crippen molar-refractivity contribution in [3.63, 3.8) is 0 Å². The number of allylic oxidation sites excluding steroid dienone is 1. The second kappa shape index (κ2) is 17.3. The second-order valence-electron chi connectivity index (χ2n) is 16.6. The molecule has 0 saturated carbocycles. The number of fused-ring (bicyclic) bond motifs is 1. The number of anilines is 2. The Kier molecular flexibility index (Phi) is 11.9. The molecule has 2 fully saturated rings. The van der Waals surface area contributed by atoms with Crippen molar-refractivity contribution in [1.82, 2.24) is 19.6 Å². The first-order chi connectivity index (χ1) is 28.4. The van der Waals surface area contributed by atoms with Gasteiger partial charge in [-0.25, -0.2) is 18.1 Å². The molecule has 4 N–H and O–H groups in total. The fraction of sp³-hybridized carbons (Fsp3) is 0.378. The second-order valence-corrected chi connectivity index (χ2v) is 18.7. The number of sulfonamides is 1. The van der Waals surface area contributed by atoms with Crippen molar-refractivity contribution in [2.24, 2.45) is 11.3 Å². The highest BCUT2D eigenvalue weighted by molar-refractivity contribution is 7.90. The number of ether oxygens (including phenoxy) is 2. The molecule has 2 saturated heterocycles. The Morgan fingerprint density at radius 1 is 1.02 bits per heavy atom. The smallest absolute Gasteiger partial charge is 0.268 e. The van der Waals surface area contributed by atoms with Gasteiger partial charge in [0.25, 0.3) is 15.9 Å². The van der Waals surface area contributed by atoms with Crippen LogP contribution in [-0.2, 0) is 14.8 Å². The molecular formula is C45H51ClN6O6S. The number of hydrogen-bond donors (Lipinski definition) is 4. The van der Waals surface area contributed by atoms with Gasteiger partial charge < -0.3 is 29.8 Å². The lowest BCUT2D eigenvalue weighted by atomic mass is 9.72. The maximum Gasteiger partial charge on any atom is 0.268 e. The van der Waals surface area contributed by atoms with Gasteiger partial charge >= 0.3 is 0 Å². The molecule has 5 aromatic rings. The highest BCUT2D eigenvalue weighted by atomic mass is 35.5. The van der Waals surface area contributed by atoms with Gasteiger partial charge in [0.1, 0.15) is 22.9 Å². The Labute approximate surface area is 350 Å². The average Bonchev–Trinajstić information content (AvgIpc) is 3.70.